The van der Waals surface area contributed by atoms with Gasteiger partial charge in [0.05, 0.1) is 17.7 Å². The van der Waals surface area contributed by atoms with Crippen LogP contribution in [-0.2, 0) is 0 Å². The molecule has 0 unspecified atom stereocenters. The van der Waals surface area contributed by atoms with Gasteiger partial charge < -0.3 is 5.11 Å². The Bertz CT molecular complexity index is 614. The molecule has 1 amide bonds. The second-order valence-corrected chi connectivity index (χ2v) is 4.53. The molecule has 6 heteroatoms. The normalized spacial score (nSPS) is 9.53. The summed E-state index contributed by atoms with van der Waals surface area (Å²) in [5, 5.41) is 11.8. The SMILES string of the molecule is O=C(Nc1ncc(C#CCCO)s1)c1ccncc1. The smallest absolute Gasteiger partial charge is 0.257 e. The molecule has 0 saturated heterocycles. The third-order valence-corrected chi connectivity index (χ3v) is 2.95. The Labute approximate surface area is 114 Å². The van der Waals surface area contributed by atoms with Crippen molar-refractivity contribution in [2.75, 3.05) is 11.9 Å². The van der Waals surface area contributed by atoms with E-state index < -0.39 is 0 Å². The van der Waals surface area contributed by atoms with Crippen molar-refractivity contribution in [1.82, 2.24) is 9.97 Å². The van der Waals surface area contributed by atoms with E-state index in [1.54, 1.807) is 30.7 Å². The highest BCUT2D eigenvalue weighted by Gasteiger charge is 2.07. The Balaban J connectivity index is 2.01. The Kier molecular flexibility index (Phi) is 4.61. The zero-order valence-electron chi connectivity index (χ0n) is 9.96. The molecule has 2 rings (SSSR count). The van der Waals surface area contributed by atoms with Crippen LogP contribution in [0.5, 0.6) is 0 Å². The minimum atomic E-state index is -0.230. The zero-order chi connectivity index (χ0) is 13.5. The molecule has 96 valence electrons. The third-order valence-electron chi connectivity index (χ3n) is 2.12. The summed E-state index contributed by atoms with van der Waals surface area (Å²) in [6.07, 6.45) is 5.14. The van der Waals surface area contributed by atoms with Crippen molar-refractivity contribution in [3.63, 3.8) is 0 Å². The van der Waals surface area contributed by atoms with Gasteiger partial charge in [-0.15, -0.1) is 0 Å². The molecule has 0 aliphatic carbocycles. The number of nitrogens with one attached hydrogen (secondary N) is 1. The lowest BCUT2D eigenvalue weighted by molar-refractivity contribution is 0.102. The monoisotopic (exact) mass is 273 g/mol. The van der Waals surface area contributed by atoms with Crippen LogP contribution < -0.4 is 5.32 Å². The van der Waals surface area contributed by atoms with E-state index in [9.17, 15) is 4.79 Å². The Hall–Kier alpha value is -2.23. The van der Waals surface area contributed by atoms with E-state index in [0.29, 0.717) is 17.1 Å². The fraction of sp³-hybridized carbons (Fsp3) is 0.154. The molecule has 0 fully saturated rings. The van der Waals surface area contributed by atoms with Crippen molar-refractivity contribution in [1.29, 1.82) is 0 Å². The van der Waals surface area contributed by atoms with Gasteiger partial charge in [-0.3, -0.25) is 15.1 Å². The number of amides is 1. The van der Waals surface area contributed by atoms with Crippen molar-refractivity contribution >= 4 is 22.4 Å². The maximum Gasteiger partial charge on any atom is 0.257 e. The highest BCUT2D eigenvalue weighted by molar-refractivity contribution is 7.16. The lowest BCUT2D eigenvalue weighted by Crippen LogP contribution is -2.11. The summed E-state index contributed by atoms with van der Waals surface area (Å²) < 4.78 is 0. The number of thiazole rings is 1. The van der Waals surface area contributed by atoms with E-state index in [2.05, 4.69) is 27.1 Å². The Morgan fingerprint density at radius 3 is 2.95 bits per heavy atom. The van der Waals surface area contributed by atoms with Gasteiger partial charge in [0, 0.05) is 24.4 Å². The third kappa shape index (κ3) is 3.88. The summed E-state index contributed by atoms with van der Waals surface area (Å²) in [4.78, 5) is 20.5. The van der Waals surface area contributed by atoms with Crippen LogP contribution in [0.15, 0.2) is 30.7 Å². The van der Waals surface area contributed by atoms with Crippen molar-refractivity contribution in [3.8, 4) is 11.8 Å². The van der Waals surface area contributed by atoms with Crippen LogP contribution in [0.2, 0.25) is 0 Å². The number of aliphatic hydroxyl groups excluding tert-OH is 1. The van der Waals surface area contributed by atoms with Crippen molar-refractivity contribution in [2.45, 2.75) is 6.42 Å². The van der Waals surface area contributed by atoms with Gasteiger partial charge in [-0.2, -0.15) is 0 Å². The first-order valence-electron chi connectivity index (χ1n) is 5.56. The Morgan fingerprint density at radius 1 is 1.42 bits per heavy atom. The molecule has 19 heavy (non-hydrogen) atoms. The molecule has 5 nitrogen and oxygen atoms in total. The van der Waals surface area contributed by atoms with Crippen LogP contribution in [0.25, 0.3) is 0 Å². The molecule has 0 aliphatic heterocycles. The molecule has 0 atom stereocenters. The molecule has 2 heterocycles. The molecule has 0 spiro atoms. The van der Waals surface area contributed by atoms with Crippen molar-refractivity contribution in [2.24, 2.45) is 0 Å². The largest absolute Gasteiger partial charge is 0.395 e. The zero-order valence-corrected chi connectivity index (χ0v) is 10.8. The maximum absolute atomic E-state index is 11.8. The van der Waals surface area contributed by atoms with Crippen LogP contribution in [0.4, 0.5) is 5.13 Å². The summed E-state index contributed by atoms with van der Waals surface area (Å²) in [6.45, 7) is 0.0391. The molecular weight excluding hydrogens is 262 g/mol. The lowest BCUT2D eigenvalue weighted by Gasteiger charge is -1.99. The first-order valence-corrected chi connectivity index (χ1v) is 6.38. The average molecular weight is 273 g/mol. The van der Waals surface area contributed by atoms with Gasteiger partial charge in [-0.05, 0) is 12.1 Å². The fourth-order valence-corrected chi connectivity index (χ4v) is 1.95. The summed E-state index contributed by atoms with van der Waals surface area (Å²) in [7, 11) is 0. The number of hydrogen-bond donors (Lipinski definition) is 2. The van der Waals surface area contributed by atoms with Crippen molar-refractivity contribution < 1.29 is 9.90 Å². The van der Waals surface area contributed by atoms with Gasteiger partial charge in [0.2, 0.25) is 0 Å². The van der Waals surface area contributed by atoms with E-state index in [-0.39, 0.29) is 12.5 Å². The summed E-state index contributed by atoms with van der Waals surface area (Å²) in [5.74, 6) is 5.43. The minimum absolute atomic E-state index is 0.0391. The second kappa shape index (κ2) is 6.64. The number of carbonyl (C=O) groups excluding carboxylic acids is 1. The van der Waals surface area contributed by atoms with E-state index >= 15 is 0 Å². The quantitative estimate of drug-likeness (QED) is 0.831. The van der Waals surface area contributed by atoms with Gasteiger partial charge in [-0.1, -0.05) is 23.2 Å². The minimum Gasteiger partial charge on any atom is -0.395 e. The van der Waals surface area contributed by atoms with Crippen LogP contribution in [0.3, 0.4) is 0 Å². The van der Waals surface area contributed by atoms with Crippen LogP contribution >= 0.6 is 11.3 Å². The topological polar surface area (TPSA) is 75.1 Å². The molecule has 2 aromatic heterocycles. The highest BCUT2D eigenvalue weighted by atomic mass is 32.1. The molecule has 0 aliphatic rings. The summed E-state index contributed by atoms with van der Waals surface area (Å²) >= 11 is 1.29. The molecular formula is C13H11N3O2S. The second-order valence-electron chi connectivity index (χ2n) is 3.50. The number of aromatic nitrogens is 2. The molecule has 0 radical (unpaired) electrons. The van der Waals surface area contributed by atoms with Gasteiger partial charge >= 0.3 is 0 Å². The van der Waals surface area contributed by atoms with Gasteiger partial charge in [0.25, 0.3) is 5.91 Å². The maximum atomic E-state index is 11.8. The number of anilines is 1. The number of nitrogens with zero attached hydrogens (tertiary/aromatic N) is 2. The molecule has 0 aromatic carbocycles. The number of hydrogen-bond acceptors (Lipinski definition) is 5. The van der Waals surface area contributed by atoms with Crippen LogP contribution in [0, 0.1) is 11.8 Å². The first-order chi connectivity index (χ1) is 9.29. The standard InChI is InChI=1S/C13H11N3O2S/c17-8-2-1-3-11-9-15-13(19-11)16-12(18)10-4-6-14-7-5-10/h4-7,9,17H,2,8H2,(H,15,16,18). The first kappa shape index (κ1) is 13.2. The molecule has 0 bridgehead atoms. The van der Waals surface area contributed by atoms with Crippen LogP contribution in [0.1, 0.15) is 21.7 Å². The van der Waals surface area contributed by atoms with Gasteiger partial charge in [0.1, 0.15) is 0 Å². The number of pyridine rings is 1. The highest BCUT2D eigenvalue weighted by Crippen LogP contribution is 2.17. The summed E-state index contributed by atoms with van der Waals surface area (Å²) in [5.41, 5.74) is 0.526. The van der Waals surface area contributed by atoms with E-state index in [1.807, 2.05) is 0 Å². The Morgan fingerprint density at radius 2 is 2.21 bits per heavy atom. The average Bonchev–Trinajstić information content (AvgIpc) is 2.88. The van der Waals surface area contributed by atoms with Gasteiger partial charge in [0.15, 0.2) is 5.13 Å². The van der Waals surface area contributed by atoms with E-state index in [0.717, 1.165) is 4.88 Å². The summed E-state index contributed by atoms with van der Waals surface area (Å²) in [6, 6.07) is 3.26. The van der Waals surface area contributed by atoms with Gasteiger partial charge in [-0.25, -0.2) is 4.98 Å². The predicted molar refractivity (Wildman–Crippen MR) is 72.9 cm³/mol. The van der Waals surface area contributed by atoms with E-state index in [4.69, 9.17) is 5.11 Å². The molecule has 2 N–H and O–H groups in total. The van der Waals surface area contributed by atoms with E-state index in [1.165, 1.54) is 11.3 Å². The fourth-order valence-electron chi connectivity index (χ4n) is 1.27. The van der Waals surface area contributed by atoms with Crippen molar-refractivity contribution in [3.05, 3.63) is 41.2 Å². The number of aliphatic hydroxyl groups is 1. The molecule has 2 aromatic rings. The number of carbonyl (C=O) groups is 1. The lowest BCUT2D eigenvalue weighted by atomic mass is 10.2. The number of rotatable bonds is 3. The molecule has 0 saturated carbocycles. The predicted octanol–water partition coefficient (Wildman–Crippen LogP) is 1.52. The van der Waals surface area contributed by atoms with Crippen LogP contribution in [-0.4, -0.2) is 27.6 Å².